The second-order valence-corrected chi connectivity index (χ2v) is 7.31. The number of carbonyl (C=O) groups excluding carboxylic acids is 1. The van der Waals surface area contributed by atoms with Crippen LogP contribution in [0.2, 0.25) is 0 Å². The Kier molecular flexibility index (Phi) is 4.28. The third kappa shape index (κ3) is 3.05. The van der Waals surface area contributed by atoms with Crippen LogP contribution in [-0.2, 0) is 0 Å². The van der Waals surface area contributed by atoms with Crippen molar-refractivity contribution in [3.63, 3.8) is 0 Å². The van der Waals surface area contributed by atoms with E-state index in [0.29, 0.717) is 30.1 Å². The maximum Gasteiger partial charge on any atom is 0.260 e. The van der Waals surface area contributed by atoms with E-state index >= 15 is 0 Å². The molecule has 2 aromatic carbocycles. The number of carbonyl (C=O) groups is 1. The maximum atomic E-state index is 13.3. The molecule has 1 aliphatic rings. The van der Waals surface area contributed by atoms with E-state index in [0.717, 1.165) is 17.5 Å². The number of aromatic nitrogens is 2. The standard InChI is InChI=1S/C24H21N3O2/c1-16-22(23(26-29-16)18-7-3-2-4-8-18)24(28)27-13-11-17(12-14-27)20-15-25-21-10-6-5-9-19(20)21/h2-11,15,25H,12-14H2,1H3. The summed E-state index contributed by atoms with van der Waals surface area (Å²) in [7, 11) is 0. The van der Waals surface area contributed by atoms with Crippen molar-refractivity contribution in [1.82, 2.24) is 15.0 Å². The summed E-state index contributed by atoms with van der Waals surface area (Å²) < 4.78 is 5.37. The molecule has 1 amide bonds. The number of hydrogen-bond donors (Lipinski definition) is 1. The topological polar surface area (TPSA) is 62.1 Å². The molecule has 1 N–H and O–H groups in total. The van der Waals surface area contributed by atoms with Crippen LogP contribution in [0.5, 0.6) is 0 Å². The average Bonchev–Trinajstić information content (AvgIpc) is 3.38. The molecule has 4 aromatic rings. The smallest absolute Gasteiger partial charge is 0.260 e. The van der Waals surface area contributed by atoms with Gasteiger partial charge in [0.1, 0.15) is 17.0 Å². The highest BCUT2D eigenvalue weighted by molar-refractivity contribution is 6.01. The molecule has 0 saturated heterocycles. The number of hydrogen-bond acceptors (Lipinski definition) is 3. The number of amides is 1. The molecule has 2 aromatic heterocycles. The van der Waals surface area contributed by atoms with E-state index in [1.165, 1.54) is 16.5 Å². The first-order valence-electron chi connectivity index (χ1n) is 9.79. The normalized spacial score (nSPS) is 14.2. The van der Waals surface area contributed by atoms with Crippen LogP contribution in [0.3, 0.4) is 0 Å². The minimum Gasteiger partial charge on any atom is -0.361 e. The number of H-pyrrole nitrogens is 1. The number of nitrogens with one attached hydrogen (secondary N) is 1. The first-order chi connectivity index (χ1) is 14.2. The molecule has 3 heterocycles. The lowest BCUT2D eigenvalue weighted by atomic mass is 9.98. The number of nitrogens with zero attached hydrogens (tertiary/aromatic N) is 2. The van der Waals surface area contributed by atoms with Crippen LogP contribution >= 0.6 is 0 Å². The maximum absolute atomic E-state index is 13.3. The van der Waals surface area contributed by atoms with Crippen molar-refractivity contribution in [1.29, 1.82) is 0 Å². The minimum absolute atomic E-state index is 0.0307. The number of rotatable bonds is 3. The Balaban J connectivity index is 1.42. The van der Waals surface area contributed by atoms with E-state index < -0.39 is 0 Å². The second-order valence-electron chi connectivity index (χ2n) is 7.31. The molecule has 0 saturated carbocycles. The summed E-state index contributed by atoms with van der Waals surface area (Å²) in [6.07, 6.45) is 5.03. The van der Waals surface area contributed by atoms with Gasteiger partial charge in [-0.1, -0.05) is 59.8 Å². The molecule has 1 aliphatic heterocycles. The first kappa shape index (κ1) is 17.5. The second kappa shape index (κ2) is 7.09. The average molecular weight is 383 g/mol. The predicted molar refractivity (Wildman–Crippen MR) is 113 cm³/mol. The van der Waals surface area contributed by atoms with Gasteiger partial charge in [0.25, 0.3) is 5.91 Å². The lowest BCUT2D eigenvalue weighted by Gasteiger charge is -2.26. The fraction of sp³-hybridized carbons (Fsp3) is 0.167. The van der Waals surface area contributed by atoms with Crippen molar-refractivity contribution in [2.45, 2.75) is 13.3 Å². The van der Waals surface area contributed by atoms with Gasteiger partial charge in [0.2, 0.25) is 0 Å². The van der Waals surface area contributed by atoms with Crippen LogP contribution < -0.4 is 0 Å². The largest absolute Gasteiger partial charge is 0.361 e. The first-order valence-corrected chi connectivity index (χ1v) is 9.79. The highest BCUT2D eigenvalue weighted by Crippen LogP contribution is 2.31. The number of aryl methyl sites for hydroxylation is 1. The molecule has 5 heteroatoms. The van der Waals surface area contributed by atoms with Crippen molar-refractivity contribution < 1.29 is 9.32 Å². The lowest BCUT2D eigenvalue weighted by Crippen LogP contribution is -2.35. The summed E-state index contributed by atoms with van der Waals surface area (Å²) in [6.45, 7) is 3.04. The molecule has 29 heavy (non-hydrogen) atoms. The van der Waals surface area contributed by atoms with Gasteiger partial charge in [0, 0.05) is 41.3 Å². The third-order valence-electron chi connectivity index (χ3n) is 5.56. The molecule has 0 spiro atoms. The summed E-state index contributed by atoms with van der Waals surface area (Å²) in [5, 5.41) is 5.37. The van der Waals surface area contributed by atoms with Gasteiger partial charge in [-0.25, -0.2) is 0 Å². The van der Waals surface area contributed by atoms with Gasteiger partial charge < -0.3 is 14.4 Å². The molecule has 0 atom stereocenters. The zero-order valence-electron chi connectivity index (χ0n) is 16.2. The molecular formula is C24H21N3O2. The van der Waals surface area contributed by atoms with Crippen LogP contribution in [0, 0.1) is 6.92 Å². The van der Waals surface area contributed by atoms with E-state index in [1.807, 2.05) is 41.3 Å². The van der Waals surface area contributed by atoms with Gasteiger partial charge in [-0.2, -0.15) is 0 Å². The van der Waals surface area contributed by atoms with Gasteiger partial charge in [0.15, 0.2) is 0 Å². The van der Waals surface area contributed by atoms with Gasteiger partial charge in [-0.3, -0.25) is 4.79 Å². The Morgan fingerprint density at radius 2 is 1.90 bits per heavy atom. The van der Waals surface area contributed by atoms with Gasteiger partial charge in [-0.05, 0) is 25.0 Å². The highest BCUT2D eigenvalue weighted by atomic mass is 16.5. The van der Waals surface area contributed by atoms with E-state index in [9.17, 15) is 4.79 Å². The van der Waals surface area contributed by atoms with E-state index in [1.54, 1.807) is 6.92 Å². The molecule has 0 bridgehead atoms. The Morgan fingerprint density at radius 3 is 2.69 bits per heavy atom. The molecule has 0 aliphatic carbocycles. The van der Waals surface area contributed by atoms with Crippen LogP contribution in [0.15, 0.2) is 71.4 Å². The van der Waals surface area contributed by atoms with Crippen molar-refractivity contribution in [2.75, 3.05) is 13.1 Å². The molecule has 5 nitrogen and oxygen atoms in total. The molecule has 0 radical (unpaired) electrons. The SMILES string of the molecule is Cc1onc(-c2ccccc2)c1C(=O)N1CC=C(c2c[nH]c3ccccc23)CC1. The summed E-state index contributed by atoms with van der Waals surface area (Å²) >= 11 is 0. The summed E-state index contributed by atoms with van der Waals surface area (Å²) in [4.78, 5) is 18.5. The zero-order chi connectivity index (χ0) is 19.8. The van der Waals surface area contributed by atoms with Crippen molar-refractivity contribution in [2.24, 2.45) is 0 Å². The Labute approximate surface area is 168 Å². The minimum atomic E-state index is -0.0307. The van der Waals surface area contributed by atoms with Crippen LogP contribution in [0.4, 0.5) is 0 Å². The van der Waals surface area contributed by atoms with Gasteiger partial charge in [0.05, 0.1) is 0 Å². The number of aromatic amines is 1. The predicted octanol–water partition coefficient (Wildman–Crippen LogP) is 5.06. The molecule has 144 valence electrons. The Morgan fingerprint density at radius 1 is 1.10 bits per heavy atom. The van der Waals surface area contributed by atoms with E-state index in [2.05, 4.69) is 40.6 Å². The third-order valence-corrected chi connectivity index (χ3v) is 5.56. The number of fused-ring (bicyclic) bond motifs is 1. The van der Waals surface area contributed by atoms with Crippen molar-refractivity contribution in [3.05, 3.63) is 83.8 Å². The van der Waals surface area contributed by atoms with Crippen LogP contribution in [-0.4, -0.2) is 34.0 Å². The van der Waals surface area contributed by atoms with E-state index in [4.69, 9.17) is 4.52 Å². The lowest BCUT2D eigenvalue weighted by molar-refractivity contribution is 0.0772. The fourth-order valence-electron chi connectivity index (χ4n) is 4.01. The molecule has 0 unspecified atom stereocenters. The van der Waals surface area contributed by atoms with Crippen LogP contribution in [0.25, 0.3) is 27.7 Å². The molecule has 5 rings (SSSR count). The quantitative estimate of drug-likeness (QED) is 0.538. The number of benzene rings is 2. The van der Waals surface area contributed by atoms with Gasteiger partial charge in [-0.15, -0.1) is 0 Å². The fourth-order valence-corrected chi connectivity index (χ4v) is 4.01. The van der Waals surface area contributed by atoms with Crippen molar-refractivity contribution >= 4 is 22.4 Å². The van der Waals surface area contributed by atoms with E-state index in [-0.39, 0.29) is 5.91 Å². The zero-order valence-corrected chi connectivity index (χ0v) is 16.2. The Bertz CT molecular complexity index is 1220. The van der Waals surface area contributed by atoms with Crippen molar-refractivity contribution in [3.8, 4) is 11.3 Å². The summed E-state index contributed by atoms with van der Waals surface area (Å²) in [6, 6.07) is 18.0. The highest BCUT2D eigenvalue weighted by Gasteiger charge is 2.27. The number of para-hydroxylation sites is 1. The monoisotopic (exact) mass is 383 g/mol. The molecule has 0 fully saturated rings. The van der Waals surface area contributed by atoms with Crippen LogP contribution in [0.1, 0.15) is 28.1 Å². The summed E-state index contributed by atoms with van der Waals surface area (Å²) in [5.74, 6) is 0.525. The summed E-state index contributed by atoms with van der Waals surface area (Å²) in [5.41, 5.74) is 5.68. The van der Waals surface area contributed by atoms with Gasteiger partial charge >= 0.3 is 0 Å². The molecular weight excluding hydrogens is 362 g/mol. The Hall–Kier alpha value is -3.60.